The summed E-state index contributed by atoms with van der Waals surface area (Å²) in [6, 6.07) is 36.2. The molecule has 0 bridgehead atoms. The summed E-state index contributed by atoms with van der Waals surface area (Å²) in [4.78, 5) is 3.67. The molecule has 3 heteroatoms. The first-order valence-corrected chi connectivity index (χ1v) is 11.6. The van der Waals surface area contributed by atoms with Crippen LogP contribution in [0.5, 0.6) is 5.75 Å². The van der Waals surface area contributed by atoms with E-state index < -0.39 is 0 Å². The lowest BCUT2D eigenvalue weighted by Crippen LogP contribution is -1.91. The summed E-state index contributed by atoms with van der Waals surface area (Å²) in [6.07, 6.45) is 0. The van der Waals surface area contributed by atoms with Gasteiger partial charge in [0.25, 0.3) is 0 Å². The molecule has 0 aliphatic heterocycles. The Morgan fingerprint density at radius 1 is 0.657 bits per heavy atom. The van der Waals surface area contributed by atoms with Gasteiger partial charge >= 0.3 is 0 Å². The number of methoxy groups -OCH3 is 1. The number of nitriles is 1. The van der Waals surface area contributed by atoms with Crippen molar-refractivity contribution in [1.29, 1.82) is 5.26 Å². The number of hydrogen-bond donors (Lipinski definition) is 1. The third kappa shape index (κ3) is 2.71. The normalized spacial score (nSPS) is 11.5. The number of ether oxygens (including phenoxy) is 1. The second-order valence-electron chi connectivity index (χ2n) is 8.89. The molecule has 0 amide bonds. The number of aromatic amines is 1. The lowest BCUT2D eigenvalue weighted by molar-refractivity contribution is 0.419. The molecule has 35 heavy (non-hydrogen) atoms. The van der Waals surface area contributed by atoms with Gasteiger partial charge in [0.05, 0.1) is 23.7 Å². The first-order valence-electron chi connectivity index (χ1n) is 11.6. The lowest BCUT2D eigenvalue weighted by atomic mass is 9.88. The molecular formula is C32H20N2O. The van der Waals surface area contributed by atoms with Gasteiger partial charge in [0.1, 0.15) is 11.8 Å². The molecule has 1 N–H and O–H groups in total. The molecule has 0 spiro atoms. The van der Waals surface area contributed by atoms with E-state index in [1.165, 1.54) is 10.8 Å². The maximum absolute atomic E-state index is 10.4. The van der Waals surface area contributed by atoms with Gasteiger partial charge in [-0.3, -0.25) is 0 Å². The minimum atomic E-state index is 0.685. The van der Waals surface area contributed by atoms with Crippen LogP contribution in [0.1, 0.15) is 5.56 Å². The highest BCUT2D eigenvalue weighted by molar-refractivity contribution is 6.28. The van der Waals surface area contributed by atoms with Gasteiger partial charge in [0.2, 0.25) is 0 Å². The van der Waals surface area contributed by atoms with Gasteiger partial charge in [0.15, 0.2) is 0 Å². The predicted octanol–water partition coefficient (Wildman–Crippen LogP) is 8.33. The second-order valence-corrected chi connectivity index (χ2v) is 8.89. The van der Waals surface area contributed by atoms with Crippen molar-refractivity contribution in [2.24, 2.45) is 0 Å². The first-order chi connectivity index (χ1) is 17.3. The molecule has 1 heterocycles. The average Bonchev–Trinajstić information content (AvgIpc) is 3.30. The topological polar surface area (TPSA) is 48.8 Å². The van der Waals surface area contributed by atoms with Gasteiger partial charge < -0.3 is 9.72 Å². The zero-order chi connectivity index (χ0) is 23.5. The van der Waals surface area contributed by atoms with Crippen molar-refractivity contribution in [3.8, 4) is 22.9 Å². The van der Waals surface area contributed by atoms with Gasteiger partial charge in [-0.05, 0) is 39.2 Å². The molecule has 0 aliphatic rings. The maximum Gasteiger partial charge on any atom is 0.142 e. The highest BCUT2D eigenvalue weighted by Crippen LogP contribution is 2.46. The SMILES string of the molecule is COc1cccc2c1[nH]c1c(-c3ccc4ccccc4c3)c3c(ccc4ccccc43)c(C#N)c12. The Balaban J connectivity index is 1.79. The fourth-order valence-electron chi connectivity index (χ4n) is 5.57. The van der Waals surface area contributed by atoms with Crippen LogP contribution in [0.4, 0.5) is 0 Å². The van der Waals surface area contributed by atoms with Gasteiger partial charge in [-0.2, -0.15) is 5.26 Å². The van der Waals surface area contributed by atoms with E-state index >= 15 is 0 Å². The molecule has 0 saturated carbocycles. The van der Waals surface area contributed by atoms with Crippen LogP contribution in [-0.4, -0.2) is 12.1 Å². The van der Waals surface area contributed by atoms with Crippen LogP contribution in [0.25, 0.3) is 65.3 Å². The molecule has 0 atom stereocenters. The Morgan fingerprint density at radius 3 is 2.23 bits per heavy atom. The molecule has 0 radical (unpaired) electrons. The fourth-order valence-corrected chi connectivity index (χ4v) is 5.57. The summed E-state index contributed by atoms with van der Waals surface area (Å²) in [5.74, 6) is 0.765. The molecule has 7 aromatic rings. The summed E-state index contributed by atoms with van der Waals surface area (Å²) in [5.41, 5.74) is 4.77. The Kier molecular flexibility index (Phi) is 4.12. The smallest absolute Gasteiger partial charge is 0.142 e. The Morgan fingerprint density at radius 2 is 1.40 bits per heavy atom. The number of nitrogens with one attached hydrogen (secondary N) is 1. The number of para-hydroxylation sites is 1. The third-order valence-electron chi connectivity index (χ3n) is 7.11. The number of hydrogen-bond acceptors (Lipinski definition) is 2. The van der Waals surface area contributed by atoms with Gasteiger partial charge in [0, 0.05) is 27.1 Å². The highest BCUT2D eigenvalue weighted by Gasteiger charge is 2.22. The van der Waals surface area contributed by atoms with E-state index in [-0.39, 0.29) is 0 Å². The van der Waals surface area contributed by atoms with Crippen molar-refractivity contribution in [3.05, 3.63) is 103 Å². The minimum absolute atomic E-state index is 0.685. The molecule has 1 aromatic heterocycles. The van der Waals surface area contributed by atoms with Crippen molar-refractivity contribution in [2.75, 3.05) is 7.11 Å². The molecule has 7 rings (SSSR count). The van der Waals surface area contributed by atoms with Crippen molar-refractivity contribution < 1.29 is 4.74 Å². The largest absolute Gasteiger partial charge is 0.495 e. The van der Waals surface area contributed by atoms with Crippen LogP contribution in [0, 0.1) is 11.3 Å². The minimum Gasteiger partial charge on any atom is -0.495 e. The zero-order valence-corrected chi connectivity index (χ0v) is 19.1. The van der Waals surface area contributed by atoms with Crippen molar-refractivity contribution in [2.45, 2.75) is 0 Å². The fraction of sp³-hybridized carbons (Fsp3) is 0.0312. The van der Waals surface area contributed by atoms with E-state index in [4.69, 9.17) is 4.74 Å². The standard InChI is InChI=1S/C32H20N2O/c1-35-27-12-6-11-25-30-26(18-33)24-16-15-20-8-4-5-10-23(20)29(24)28(32(30)34-31(25)27)22-14-13-19-7-2-3-9-21(19)17-22/h2-17,34H,1H3. The molecule has 3 nitrogen and oxygen atoms in total. The molecule has 0 saturated heterocycles. The number of H-pyrrole nitrogens is 1. The number of benzene rings is 6. The summed E-state index contributed by atoms with van der Waals surface area (Å²) in [5, 5.41) is 19.1. The molecule has 6 aromatic carbocycles. The van der Waals surface area contributed by atoms with Crippen LogP contribution < -0.4 is 4.74 Å². The summed E-state index contributed by atoms with van der Waals surface area (Å²) in [7, 11) is 1.68. The van der Waals surface area contributed by atoms with Crippen LogP contribution in [0.15, 0.2) is 97.1 Å². The quantitative estimate of drug-likeness (QED) is 0.270. The molecule has 0 aliphatic carbocycles. The Labute approximate surface area is 201 Å². The number of aromatic nitrogens is 1. The van der Waals surface area contributed by atoms with Crippen LogP contribution >= 0.6 is 0 Å². The third-order valence-corrected chi connectivity index (χ3v) is 7.11. The Bertz CT molecular complexity index is 2010. The summed E-state index contributed by atoms with van der Waals surface area (Å²) in [6.45, 7) is 0. The maximum atomic E-state index is 10.4. The van der Waals surface area contributed by atoms with Crippen molar-refractivity contribution in [3.63, 3.8) is 0 Å². The number of rotatable bonds is 2. The van der Waals surface area contributed by atoms with E-state index in [2.05, 4.69) is 96.0 Å². The van der Waals surface area contributed by atoms with E-state index in [1.54, 1.807) is 7.11 Å². The van der Waals surface area contributed by atoms with Gasteiger partial charge in [-0.15, -0.1) is 0 Å². The van der Waals surface area contributed by atoms with Gasteiger partial charge in [-0.1, -0.05) is 84.9 Å². The molecule has 0 fully saturated rings. The monoisotopic (exact) mass is 448 g/mol. The van der Waals surface area contributed by atoms with Crippen LogP contribution in [0.2, 0.25) is 0 Å². The van der Waals surface area contributed by atoms with Crippen molar-refractivity contribution >= 4 is 54.1 Å². The zero-order valence-electron chi connectivity index (χ0n) is 19.1. The number of nitrogens with zero attached hydrogens (tertiary/aromatic N) is 1. The highest BCUT2D eigenvalue weighted by atomic mass is 16.5. The summed E-state index contributed by atoms with van der Waals surface area (Å²) < 4.78 is 5.69. The summed E-state index contributed by atoms with van der Waals surface area (Å²) >= 11 is 0. The van der Waals surface area contributed by atoms with E-state index in [0.29, 0.717) is 5.56 Å². The van der Waals surface area contributed by atoms with Crippen LogP contribution in [-0.2, 0) is 0 Å². The predicted molar refractivity (Wildman–Crippen MR) is 145 cm³/mol. The Hall–Kier alpha value is -4.81. The van der Waals surface area contributed by atoms with Gasteiger partial charge in [-0.25, -0.2) is 0 Å². The lowest BCUT2D eigenvalue weighted by Gasteiger charge is -2.15. The average molecular weight is 449 g/mol. The van der Waals surface area contributed by atoms with E-state index in [9.17, 15) is 5.26 Å². The van der Waals surface area contributed by atoms with E-state index in [1.807, 2.05) is 12.1 Å². The first kappa shape index (κ1) is 19.6. The van der Waals surface area contributed by atoms with E-state index in [0.717, 1.165) is 60.2 Å². The van der Waals surface area contributed by atoms with Crippen LogP contribution in [0.3, 0.4) is 0 Å². The molecular weight excluding hydrogens is 428 g/mol. The molecule has 0 unspecified atom stereocenters. The van der Waals surface area contributed by atoms with Crippen molar-refractivity contribution in [1.82, 2.24) is 4.98 Å². The number of fused-ring (bicyclic) bond motifs is 7. The second kappa shape index (κ2) is 7.35. The molecule has 164 valence electrons.